The van der Waals surface area contributed by atoms with Crippen molar-refractivity contribution in [1.29, 1.82) is 0 Å². The molecule has 0 unspecified atom stereocenters. The number of aryl methyl sites for hydroxylation is 1. The largest absolute Gasteiger partial charge is 0.383 e. The van der Waals surface area contributed by atoms with E-state index in [0.29, 0.717) is 16.6 Å². The molecule has 2 aliphatic rings. The standard InChI is InChI=1S/C17H25ClN4O.C2H6/c1-12-7-15(18)22(19-3)16(12)13(2)21-10-17(11-21)8-14(9-17)20-5-6-23-4;1-2/h7,14,20H,2-3,5-6,8-11H2,1,4H3;1-2H3. The number of methoxy groups -OCH3 is 1. The molecule has 5 nitrogen and oxygen atoms in total. The van der Waals surface area contributed by atoms with E-state index in [2.05, 4.69) is 28.6 Å². The Kier molecular flexibility index (Phi) is 6.72. The van der Waals surface area contributed by atoms with E-state index in [1.54, 1.807) is 11.8 Å². The van der Waals surface area contributed by atoms with Crippen molar-refractivity contribution in [2.24, 2.45) is 10.5 Å². The van der Waals surface area contributed by atoms with Gasteiger partial charge in [-0.1, -0.05) is 32.0 Å². The summed E-state index contributed by atoms with van der Waals surface area (Å²) in [7, 11) is 1.74. The molecule has 0 amide bonds. The van der Waals surface area contributed by atoms with E-state index < -0.39 is 0 Å². The summed E-state index contributed by atoms with van der Waals surface area (Å²) in [5.41, 5.74) is 3.50. The molecule has 2 heterocycles. The molecule has 1 aromatic rings. The van der Waals surface area contributed by atoms with Gasteiger partial charge in [-0.05, 0) is 31.4 Å². The van der Waals surface area contributed by atoms with Gasteiger partial charge in [0.1, 0.15) is 5.15 Å². The molecule has 0 radical (unpaired) electrons. The van der Waals surface area contributed by atoms with Crippen molar-refractivity contribution in [3.8, 4) is 0 Å². The average molecular weight is 367 g/mol. The summed E-state index contributed by atoms with van der Waals surface area (Å²) in [5, 5.41) is 8.12. The number of hydrogen-bond acceptors (Lipinski definition) is 4. The number of ether oxygens (including phenoxy) is 1. The molecule has 140 valence electrons. The van der Waals surface area contributed by atoms with Crippen LogP contribution in [-0.4, -0.2) is 55.7 Å². The van der Waals surface area contributed by atoms with Crippen LogP contribution in [0.4, 0.5) is 0 Å². The highest BCUT2D eigenvalue weighted by Gasteiger charge is 2.52. The highest BCUT2D eigenvalue weighted by molar-refractivity contribution is 6.30. The zero-order chi connectivity index (χ0) is 18.6. The minimum atomic E-state index is 0.463. The van der Waals surface area contributed by atoms with E-state index >= 15 is 0 Å². The van der Waals surface area contributed by atoms with Crippen LogP contribution in [0.3, 0.4) is 0 Å². The van der Waals surface area contributed by atoms with Crippen LogP contribution in [0.1, 0.15) is 37.9 Å². The highest BCUT2D eigenvalue weighted by atomic mass is 35.5. The van der Waals surface area contributed by atoms with E-state index in [1.165, 1.54) is 12.8 Å². The Morgan fingerprint density at radius 3 is 2.64 bits per heavy atom. The van der Waals surface area contributed by atoms with E-state index in [9.17, 15) is 0 Å². The fraction of sp³-hybridized carbons (Fsp3) is 0.632. The summed E-state index contributed by atoms with van der Waals surface area (Å²) < 4.78 is 6.74. The molecule has 1 aromatic heterocycles. The molecule has 1 aliphatic heterocycles. The van der Waals surface area contributed by atoms with Gasteiger partial charge in [-0.2, -0.15) is 5.10 Å². The zero-order valence-electron chi connectivity index (χ0n) is 15.9. The van der Waals surface area contributed by atoms with Gasteiger partial charge < -0.3 is 15.0 Å². The van der Waals surface area contributed by atoms with Crippen molar-refractivity contribution < 1.29 is 4.74 Å². The van der Waals surface area contributed by atoms with Crippen molar-refractivity contribution in [3.05, 3.63) is 29.1 Å². The topological polar surface area (TPSA) is 41.8 Å². The quantitative estimate of drug-likeness (QED) is 0.592. The molecule has 1 saturated carbocycles. The molecule has 1 N–H and O–H groups in total. The monoisotopic (exact) mass is 366 g/mol. The Labute approximate surface area is 156 Å². The van der Waals surface area contributed by atoms with Crippen molar-refractivity contribution in [3.63, 3.8) is 0 Å². The van der Waals surface area contributed by atoms with Gasteiger partial charge in [0, 0.05) is 44.9 Å². The van der Waals surface area contributed by atoms with Crippen molar-refractivity contribution in [2.75, 3.05) is 33.4 Å². The number of rotatable bonds is 7. The third-order valence-electron chi connectivity index (χ3n) is 5.07. The lowest BCUT2D eigenvalue weighted by molar-refractivity contribution is -0.0480. The summed E-state index contributed by atoms with van der Waals surface area (Å²) in [6.07, 6.45) is 2.47. The predicted octanol–water partition coefficient (Wildman–Crippen LogP) is 3.61. The molecular formula is C19H31ClN4O. The summed E-state index contributed by atoms with van der Waals surface area (Å²) in [5.74, 6) is 0. The van der Waals surface area contributed by atoms with Crippen LogP contribution in [0.15, 0.2) is 17.7 Å². The van der Waals surface area contributed by atoms with Gasteiger partial charge in [-0.25, -0.2) is 4.68 Å². The van der Waals surface area contributed by atoms with Gasteiger partial charge in [-0.3, -0.25) is 0 Å². The smallest absolute Gasteiger partial charge is 0.131 e. The lowest BCUT2D eigenvalue weighted by atomic mass is 9.60. The number of likely N-dealkylation sites (tertiary alicyclic amines) is 1. The number of nitrogens with zero attached hydrogens (tertiary/aromatic N) is 3. The van der Waals surface area contributed by atoms with Crippen molar-refractivity contribution >= 4 is 24.0 Å². The average Bonchev–Trinajstić information content (AvgIpc) is 2.82. The molecule has 25 heavy (non-hydrogen) atoms. The van der Waals surface area contributed by atoms with Crippen molar-refractivity contribution in [2.45, 2.75) is 39.7 Å². The van der Waals surface area contributed by atoms with E-state index in [0.717, 1.165) is 43.2 Å². The molecule has 0 bridgehead atoms. The van der Waals surface area contributed by atoms with Crippen LogP contribution in [0.2, 0.25) is 5.15 Å². The first-order valence-electron chi connectivity index (χ1n) is 9.01. The number of hydrogen-bond donors (Lipinski definition) is 1. The predicted molar refractivity (Wildman–Crippen MR) is 106 cm³/mol. The van der Waals surface area contributed by atoms with Gasteiger partial charge in [0.15, 0.2) is 0 Å². The third kappa shape index (κ3) is 3.94. The fourth-order valence-corrected chi connectivity index (χ4v) is 4.23. The maximum absolute atomic E-state index is 6.19. The Balaban J connectivity index is 0.00000109. The minimum Gasteiger partial charge on any atom is -0.383 e. The van der Waals surface area contributed by atoms with Crippen LogP contribution in [0.25, 0.3) is 5.70 Å². The maximum Gasteiger partial charge on any atom is 0.131 e. The first-order valence-corrected chi connectivity index (χ1v) is 9.39. The molecule has 1 spiro atoms. The lowest BCUT2D eigenvalue weighted by Crippen LogP contribution is -2.65. The number of aromatic nitrogens is 1. The molecule has 0 aromatic carbocycles. The Morgan fingerprint density at radius 2 is 2.08 bits per heavy atom. The molecule has 2 fully saturated rings. The van der Waals surface area contributed by atoms with Gasteiger partial charge >= 0.3 is 0 Å². The van der Waals surface area contributed by atoms with Gasteiger partial charge in [0.2, 0.25) is 0 Å². The van der Waals surface area contributed by atoms with E-state index in [4.69, 9.17) is 16.3 Å². The maximum atomic E-state index is 6.19. The van der Waals surface area contributed by atoms with Gasteiger partial charge in [0.05, 0.1) is 18.0 Å². The number of halogens is 1. The minimum absolute atomic E-state index is 0.463. The van der Waals surface area contributed by atoms with E-state index in [1.807, 2.05) is 26.8 Å². The molecule has 3 rings (SSSR count). The zero-order valence-corrected chi connectivity index (χ0v) is 16.7. The summed E-state index contributed by atoms with van der Waals surface area (Å²) in [6, 6.07) is 2.54. The Bertz CT molecular complexity index is 611. The van der Waals surface area contributed by atoms with Crippen LogP contribution in [-0.2, 0) is 4.74 Å². The molecule has 6 heteroatoms. The second-order valence-electron chi connectivity index (χ2n) is 6.81. The lowest BCUT2D eigenvalue weighted by Gasteiger charge is -2.60. The Hall–Kier alpha value is -1.30. The Morgan fingerprint density at radius 1 is 1.44 bits per heavy atom. The van der Waals surface area contributed by atoms with Crippen LogP contribution in [0, 0.1) is 12.3 Å². The normalized spacial score (nSPS) is 18.2. The number of nitrogens with one attached hydrogen (secondary N) is 1. The fourth-order valence-electron chi connectivity index (χ4n) is 3.93. The van der Waals surface area contributed by atoms with Crippen LogP contribution in [0.5, 0.6) is 0 Å². The van der Waals surface area contributed by atoms with Gasteiger partial charge in [0.25, 0.3) is 0 Å². The van der Waals surface area contributed by atoms with E-state index in [-0.39, 0.29) is 0 Å². The SMILES string of the molecule is C=Nn1c(Cl)cc(C)c1C(=C)N1CC2(CC(NCCOC)C2)C1.CC. The van der Waals surface area contributed by atoms with Gasteiger partial charge in [-0.15, -0.1) is 0 Å². The molecule has 0 atom stereocenters. The summed E-state index contributed by atoms with van der Waals surface area (Å²) >= 11 is 6.19. The van der Waals surface area contributed by atoms with Crippen LogP contribution < -0.4 is 5.32 Å². The summed E-state index contributed by atoms with van der Waals surface area (Å²) in [4.78, 5) is 2.33. The second-order valence-corrected chi connectivity index (χ2v) is 7.19. The first kappa shape index (κ1) is 20.0. The highest BCUT2D eigenvalue weighted by Crippen LogP contribution is 2.50. The molecular weight excluding hydrogens is 336 g/mol. The summed E-state index contributed by atoms with van der Waals surface area (Å²) in [6.45, 7) is 17.7. The first-order chi connectivity index (χ1) is 12.0. The molecule has 1 saturated heterocycles. The second kappa shape index (κ2) is 8.39. The third-order valence-corrected chi connectivity index (χ3v) is 5.34. The molecule has 1 aliphatic carbocycles. The van der Waals surface area contributed by atoms with Crippen LogP contribution >= 0.6 is 11.6 Å². The van der Waals surface area contributed by atoms with Crippen molar-refractivity contribution in [1.82, 2.24) is 14.9 Å².